The van der Waals surface area contributed by atoms with Crippen LogP contribution in [0.2, 0.25) is 5.15 Å². The Morgan fingerprint density at radius 1 is 1.43 bits per heavy atom. The van der Waals surface area contributed by atoms with Gasteiger partial charge in [-0.25, -0.2) is 9.37 Å². The van der Waals surface area contributed by atoms with Crippen LogP contribution in [-0.2, 0) is 0 Å². The number of aromatic nitrogens is 2. The first-order valence-corrected chi connectivity index (χ1v) is 4.26. The number of ether oxygens (including phenoxy) is 1. The van der Waals surface area contributed by atoms with Gasteiger partial charge in [0, 0.05) is 6.07 Å². The molecule has 72 valence electrons. The standard InChI is InChI=1S/C9H6ClFN2O/c10-8-5-12-9(13-8)14-7-3-1-2-6(11)4-7/h1-5H,(H,12,13). The first-order valence-electron chi connectivity index (χ1n) is 3.88. The van der Waals surface area contributed by atoms with Gasteiger partial charge in [-0.05, 0) is 12.1 Å². The number of halogens is 2. The molecule has 0 saturated carbocycles. The lowest BCUT2D eigenvalue weighted by Crippen LogP contribution is -1.86. The first kappa shape index (κ1) is 9.02. The van der Waals surface area contributed by atoms with E-state index in [2.05, 4.69) is 9.97 Å². The van der Waals surface area contributed by atoms with Gasteiger partial charge in [-0.2, -0.15) is 0 Å². The third-order valence-corrected chi connectivity index (χ3v) is 1.72. The largest absolute Gasteiger partial charge is 0.426 e. The number of benzene rings is 1. The van der Waals surface area contributed by atoms with Crippen LogP contribution in [0.3, 0.4) is 0 Å². The zero-order valence-corrected chi connectivity index (χ0v) is 7.75. The molecular weight excluding hydrogens is 207 g/mol. The summed E-state index contributed by atoms with van der Waals surface area (Å²) < 4.78 is 17.9. The summed E-state index contributed by atoms with van der Waals surface area (Å²) >= 11 is 5.59. The maximum atomic E-state index is 12.7. The highest BCUT2D eigenvalue weighted by atomic mass is 35.5. The molecule has 0 aliphatic heterocycles. The van der Waals surface area contributed by atoms with Gasteiger partial charge >= 0.3 is 0 Å². The van der Waals surface area contributed by atoms with Crippen LogP contribution in [0, 0.1) is 5.82 Å². The summed E-state index contributed by atoms with van der Waals surface area (Å²) in [5, 5.41) is 0.372. The Morgan fingerprint density at radius 3 is 2.93 bits per heavy atom. The van der Waals surface area contributed by atoms with E-state index in [9.17, 15) is 4.39 Å². The quantitative estimate of drug-likeness (QED) is 0.831. The Labute approximate surface area is 84.5 Å². The second kappa shape index (κ2) is 3.67. The molecule has 5 heteroatoms. The molecule has 0 amide bonds. The van der Waals surface area contributed by atoms with Crippen LogP contribution in [0.1, 0.15) is 0 Å². The first-order chi connectivity index (χ1) is 6.74. The molecular formula is C9H6ClFN2O. The third-order valence-electron chi connectivity index (χ3n) is 1.53. The van der Waals surface area contributed by atoms with Crippen molar-refractivity contribution in [3.63, 3.8) is 0 Å². The highest BCUT2D eigenvalue weighted by molar-refractivity contribution is 6.29. The summed E-state index contributed by atoms with van der Waals surface area (Å²) in [6.07, 6.45) is 1.41. The van der Waals surface area contributed by atoms with E-state index in [1.807, 2.05) is 0 Å². The van der Waals surface area contributed by atoms with E-state index < -0.39 is 0 Å². The average Bonchev–Trinajstić information content (AvgIpc) is 2.51. The molecule has 1 heterocycles. The van der Waals surface area contributed by atoms with Crippen molar-refractivity contribution in [2.75, 3.05) is 0 Å². The number of nitrogens with zero attached hydrogens (tertiary/aromatic N) is 1. The number of rotatable bonds is 2. The molecule has 0 aliphatic carbocycles. The van der Waals surface area contributed by atoms with E-state index in [1.54, 1.807) is 12.1 Å². The summed E-state index contributed by atoms with van der Waals surface area (Å²) in [7, 11) is 0. The minimum absolute atomic E-state index is 0.237. The van der Waals surface area contributed by atoms with Gasteiger partial charge in [0.05, 0.1) is 6.20 Å². The molecule has 0 saturated heterocycles. The smallest absolute Gasteiger partial charge is 0.300 e. The third kappa shape index (κ3) is 2.03. The molecule has 2 rings (SSSR count). The van der Waals surface area contributed by atoms with Crippen molar-refractivity contribution in [1.29, 1.82) is 0 Å². The normalized spacial score (nSPS) is 10.1. The van der Waals surface area contributed by atoms with Crippen molar-refractivity contribution < 1.29 is 9.13 Å². The van der Waals surface area contributed by atoms with Gasteiger partial charge in [-0.3, -0.25) is 4.98 Å². The summed E-state index contributed by atoms with van der Waals surface area (Å²) in [5.41, 5.74) is 0. The number of H-pyrrole nitrogens is 1. The molecule has 1 aromatic carbocycles. The molecule has 2 aromatic rings. The maximum Gasteiger partial charge on any atom is 0.300 e. The van der Waals surface area contributed by atoms with E-state index in [1.165, 1.54) is 18.3 Å². The Hall–Kier alpha value is -1.55. The number of imidazole rings is 1. The van der Waals surface area contributed by atoms with Crippen LogP contribution in [0.15, 0.2) is 30.5 Å². The number of nitrogens with one attached hydrogen (secondary N) is 1. The summed E-state index contributed by atoms with van der Waals surface area (Å²) in [6.45, 7) is 0. The van der Waals surface area contributed by atoms with Crippen molar-refractivity contribution in [3.05, 3.63) is 41.4 Å². The van der Waals surface area contributed by atoms with Crippen LogP contribution < -0.4 is 4.74 Å². The fraction of sp³-hybridized carbons (Fsp3) is 0. The number of hydrogen-bond acceptors (Lipinski definition) is 2. The fourth-order valence-electron chi connectivity index (χ4n) is 0.976. The Kier molecular flexibility index (Phi) is 2.37. The Morgan fingerprint density at radius 2 is 2.29 bits per heavy atom. The molecule has 3 nitrogen and oxygen atoms in total. The topological polar surface area (TPSA) is 37.9 Å². The molecule has 0 bridgehead atoms. The lowest BCUT2D eigenvalue weighted by atomic mass is 10.3. The molecule has 1 N–H and O–H groups in total. The summed E-state index contributed by atoms with van der Waals surface area (Å²) in [5.74, 6) is 0.0103. The van der Waals surface area contributed by atoms with Crippen LogP contribution in [-0.4, -0.2) is 9.97 Å². The highest BCUT2D eigenvalue weighted by Gasteiger charge is 2.01. The molecule has 1 aromatic heterocycles. The van der Waals surface area contributed by atoms with E-state index >= 15 is 0 Å². The molecule has 0 aliphatic rings. The SMILES string of the molecule is Fc1cccc(Oc2ncc(Cl)[nH]2)c1. The molecule has 0 atom stereocenters. The second-order valence-electron chi connectivity index (χ2n) is 2.60. The van der Waals surface area contributed by atoms with E-state index in [4.69, 9.17) is 16.3 Å². The zero-order valence-electron chi connectivity index (χ0n) is 7.00. The Bertz CT molecular complexity index is 444. The number of aromatic amines is 1. The molecule has 14 heavy (non-hydrogen) atoms. The van der Waals surface area contributed by atoms with Gasteiger partial charge < -0.3 is 4.74 Å². The van der Waals surface area contributed by atoms with Gasteiger partial charge in [-0.1, -0.05) is 17.7 Å². The number of hydrogen-bond donors (Lipinski definition) is 1. The van der Waals surface area contributed by atoms with E-state index in [0.29, 0.717) is 10.9 Å². The van der Waals surface area contributed by atoms with Gasteiger partial charge in [0.15, 0.2) is 0 Å². The molecule has 0 unspecified atom stereocenters. The lowest BCUT2D eigenvalue weighted by Gasteiger charge is -2.00. The van der Waals surface area contributed by atoms with Gasteiger partial charge in [0.2, 0.25) is 0 Å². The Balaban J connectivity index is 2.18. The van der Waals surface area contributed by atoms with Gasteiger partial charge in [0.1, 0.15) is 16.7 Å². The minimum Gasteiger partial charge on any atom is -0.426 e. The molecule has 0 spiro atoms. The van der Waals surface area contributed by atoms with Crippen LogP contribution in [0.25, 0.3) is 0 Å². The van der Waals surface area contributed by atoms with Gasteiger partial charge in [-0.15, -0.1) is 0 Å². The average molecular weight is 213 g/mol. The lowest BCUT2D eigenvalue weighted by molar-refractivity contribution is 0.443. The van der Waals surface area contributed by atoms with Gasteiger partial charge in [0.25, 0.3) is 6.01 Å². The predicted octanol–water partition coefficient (Wildman–Crippen LogP) is 2.99. The molecule has 0 radical (unpaired) electrons. The maximum absolute atomic E-state index is 12.7. The van der Waals surface area contributed by atoms with Crippen molar-refractivity contribution in [2.24, 2.45) is 0 Å². The van der Waals surface area contributed by atoms with Crippen molar-refractivity contribution in [1.82, 2.24) is 9.97 Å². The van der Waals surface area contributed by atoms with Crippen molar-refractivity contribution >= 4 is 11.6 Å². The van der Waals surface area contributed by atoms with Crippen LogP contribution >= 0.6 is 11.6 Å². The predicted molar refractivity (Wildman–Crippen MR) is 50.1 cm³/mol. The van der Waals surface area contributed by atoms with Crippen molar-refractivity contribution in [3.8, 4) is 11.8 Å². The fourth-order valence-corrected chi connectivity index (χ4v) is 1.11. The monoisotopic (exact) mass is 212 g/mol. The second-order valence-corrected chi connectivity index (χ2v) is 3.00. The minimum atomic E-state index is -0.361. The van der Waals surface area contributed by atoms with E-state index in [0.717, 1.165) is 0 Å². The van der Waals surface area contributed by atoms with Crippen LogP contribution in [0.4, 0.5) is 4.39 Å². The zero-order chi connectivity index (χ0) is 9.97. The highest BCUT2D eigenvalue weighted by Crippen LogP contribution is 2.19. The molecule has 0 fully saturated rings. The summed E-state index contributed by atoms with van der Waals surface area (Å²) in [4.78, 5) is 6.46. The van der Waals surface area contributed by atoms with Crippen molar-refractivity contribution in [2.45, 2.75) is 0 Å². The summed E-state index contributed by atoms with van der Waals surface area (Å²) in [6, 6.07) is 6.01. The van der Waals surface area contributed by atoms with Crippen LogP contribution in [0.5, 0.6) is 11.8 Å². The van der Waals surface area contributed by atoms with E-state index in [-0.39, 0.29) is 11.8 Å².